The smallest absolute Gasteiger partial charge is 0.408 e. The van der Waals surface area contributed by atoms with Crippen molar-refractivity contribution < 1.29 is 19.1 Å². The molecule has 0 spiro atoms. The summed E-state index contributed by atoms with van der Waals surface area (Å²) >= 11 is 0. The van der Waals surface area contributed by atoms with Crippen molar-refractivity contribution in [2.75, 3.05) is 6.61 Å². The van der Waals surface area contributed by atoms with Crippen LogP contribution in [0.4, 0.5) is 4.79 Å². The van der Waals surface area contributed by atoms with Crippen LogP contribution in [0, 0.1) is 0 Å². The number of amides is 1. The van der Waals surface area contributed by atoms with Crippen molar-refractivity contribution >= 4 is 11.9 Å². The lowest BCUT2D eigenvalue weighted by Crippen LogP contribution is -2.42. The molecule has 1 unspecified atom stereocenters. The van der Waals surface area contributed by atoms with E-state index in [0.29, 0.717) is 18.6 Å². The minimum absolute atomic E-state index is 0.124. The second-order valence-corrected chi connectivity index (χ2v) is 5.35. The van der Waals surface area contributed by atoms with Crippen molar-refractivity contribution in [3.63, 3.8) is 0 Å². The maximum atomic E-state index is 12.0. The first kappa shape index (κ1) is 14.5. The average Bonchev–Trinajstić information content (AvgIpc) is 2.26. The monoisotopic (exact) mass is 255 g/mol. The van der Waals surface area contributed by atoms with Crippen LogP contribution in [0.3, 0.4) is 0 Å². The zero-order chi connectivity index (χ0) is 13.8. The van der Waals surface area contributed by atoms with Crippen molar-refractivity contribution in [3.05, 3.63) is 11.8 Å². The number of hydrogen-bond acceptors (Lipinski definition) is 4. The fraction of sp³-hybridized carbons (Fsp3) is 0.692. The number of alkyl carbamates (subject to hydrolysis) is 1. The van der Waals surface area contributed by atoms with Crippen molar-refractivity contribution in [1.82, 2.24) is 5.32 Å². The first-order chi connectivity index (χ1) is 8.29. The average molecular weight is 255 g/mol. The predicted octanol–water partition coefficient (Wildman–Crippen LogP) is 2.16. The van der Waals surface area contributed by atoms with Gasteiger partial charge in [0, 0.05) is 5.57 Å². The maximum Gasteiger partial charge on any atom is 0.408 e. The third-order valence-electron chi connectivity index (χ3n) is 2.38. The zero-order valence-electron chi connectivity index (χ0n) is 11.4. The van der Waals surface area contributed by atoms with Crippen LogP contribution in [-0.4, -0.2) is 30.1 Å². The second-order valence-electron chi connectivity index (χ2n) is 5.35. The van der Waals surface area contributed by atoms with Crippen LogP contribution in [0.25, 0.3) is 0 Å². The van der Waals surface area contributed by atoms with Crippen LogP contribution in [0.1, 0.15) is 40.5 Å². The minimum Gasteiger partial charge on any atom is -0.501 e. The SMILES string of the molecule is CC(NC(=O)OC(C)(C)C)C(=O)C1=COCCC1. The van der Waals surface area contributed by atoms with E-state index in [1.807, 2.05) is 0 Å². The number of carbonyl (C=O) groups is 2. The summed E-state index contributed by atoms with van der Waals surface area (Å²) in [4.78, 5) is 23.5. The summed E-state index contributed by atoms with van der Waals surface area (Å²) in [7, 11) is 0. The molecule has 5 nitrogen and oxygen atoms in total. The van der Waals surface area contributed by atoms with E-state index in [4.69, 9.17) is 9.47 Å². The van der Waals surface area contributed by atoms with E-state index in [9.17, 15) is 9.59 Å². The van der Waals surface area contributed by atoms with E-state index in [-0.39, 0.29) is 5.78 Å². The summed E-state index contributed by atoms with van der Waals surface area (Å²) in [6.07, 6.45) is 2.43. The highest BCUT2D eigenvalue weighted by molar-refractivity contribution is 6.00. The molecule has 1 aliphatic heterocycles. The molecule has 1 amide bonds. The Bertz CT molecular complexity index is 354. The molecular formula is C13H21NO4. The summed E-state index contributed by atoms with van der Waals surface area (Å²) in [6, 6.07) is -0.604. The Hall–Kier alpha value is -1.52. The van der Waals surface area contributed by atoms with Gasteiger partial charge >= 0.3 is 6.09 Å². The first-order valence-corrected chi connectivity index (χ1v) is 6.14. The number of ketones is 1. The van der Waals surface area contributed by atoms with Gasteiger partial charge in [-0.25, -0.2) is 4.79 Å². The first-order valence-electron chi connectivity index (χ1n) is 6.14. The van der Waals surface area contributed by atoms with Crippen LogP contribution in [0.5, 0.6) is 0 Å². The van der Waals surface area contributed by atoms with Crippen molar-refractivity contribution in [1.29, 1.82) is 0 Å². The molecule has 0 aliphatic carbocycles. The molecule has 0 radical (unpaired) electrons. The molecule has 5 heteroatoms. The Morgan fingerprint density at radius 3 is 2.61 bits per heavy atom. The van der Waals surface area contributed by atoms with Gasteiger partial charge in [0.15, 0.2) is 5.78 Å². The molecule has 0 saturated carbocycles. The molecule has 1 atom stereocenters. The van der Waals surface area contributed by atoms with Gasteiger partial charge in [-0.1, -0.05) is 0 Å². The lowest BCUT2D eigenvalue weighted by atomic mass is 10.0. The highest BCUT2D eigenvalue weighted by Gasteiger charge is 2.24. The quantitative estimate of drug-likeness (QED) is 0.839. The van der Waals surface area contributed by atoms with Crippen LogP contribution >= 0.6 is 0 Å². The molecule has 0 bridgehead atoms. The van der Waals surface area contributed by atoms with E-state index in [2.05, 4.69) is 5.32 Å². The Balaban J connectivity index is 2.49. The minimum atomic E-state index is -0.604. The molecule has 0 saturated heterocycles. The molecule has 1 rings (SSSR count). The van der Waals surface area contributed by atoms with Gasteiger partial charge in [0.05, 0.1) is 18.9 Å². The van der Waals surface area contributed by atoms with Crippen molar-refractivity contribution in [2.24, 2.45) is 0 Å². The molecule has 1 N–H and O–H groups in total. The van der Waals surface area contributed by atoms with E-state index < -0.39 is 17.7 Å². The number of Topliss-reactive ketones (excluding diaryl/α,β-unsaturated/α-hetero) is 1. The number of rotatable bonds is 3. The third kappa shape index (κ3) is 4.77. The number of hydrogen-bond donors (Lipinski definition) is 1. The fourth-order valence-corrected chi connectivity index (χ4v) is 1.57. The van der Waals surface area contributed by atoms with Crippen LogP contribution in [0.2, 0.25) is 0 Å². The normalized spacial score (nSPS) is 17.2. The van der Waals surface area contributed by atoms with Gasteiger partial charge < -0.3 is 14.8 Å². The number of carbonyl (C=O) groups excluding carboxylic acids is 2. The standard InChI is InChI=1S/C13H21NO4/c1-9(14-12(16)18-13(2,3)4)11(15)10-6-5-7-17-8-10/h8-9H,5-7H2,1-4H3,(H,14,16). The summed E-state index contributed by atoms with van der Waals surface area (Å²) < 4.78 is 10.2. The Morgan fingerprint density at radius 2 is 2.11 bits per heavy atom. The summed E-state index contributed by atoms with van der Waals surface area (Å²) in [5, 5.41) is 2.53. The molecule has 0 fully saturated rings. The van der Waals surface area contributed by atoms with Crippen LogP contribution in [-0.2, 0) is 14.3 Å². The number of ether oxygens (including phenoxy) is 2. The number of nitrogens with one attached hydrogen (secondary N) is 1. The van der Waals surface area contributed by atoms with Gasteiger partial charge in [0.2, 0.25) is 0 Å². The second kappa shape index (κ2) is 5.89. The summed E-state index contributed by atoms with van der Waals surface area (Å²) in [5.41, 5.74) is 0.0462. The summed E-state index contributed by atoms with van der Waals surface area (Å²) in [5.74, 6) is -0.124. The molecule has 0 aromatic heterocycles. The molecule has 0 aromatic carbocycles. The topological polar surface area (TPSA) is 64.6 Å². The molecular weight excluding hydrogens is 234 g/mol. The van der Waals surface area contributed by atoms with E-state index in [0.717, 1.165) is 6.42 Å². The largest absolute Gasteiger partial charge is 0.501 e. The lowest BCUT2D eigenvalue weighted by Gasteiger charge is -2.22. The highest BCUT2D eigenvalue weighted by atomic mass is 16.6. The molecule has 0 aromatic rings. The van der Waals surface area contributed by atoms with E-state index in [1.165, 1.54) is 6.26 Å². The Morgan fingerprint density at radius 1 is 1.44 bits per heavy atom. The zero-order valence-corrected chi connectivity index (χ0v) is 11.4. The van der Waals surface area contributed by atoms with Crippen LogP contribution < -0.4 is 5.32 Å². The summed E-state index contributed by atoms with van der Waals surface area (Å²) in [6.45, 7) is 7.61. The van der Waals surface area contributed by atoms with E-state index >= 15 is 0 Å². The molecule has 18 heavy (non-hydrogen) atoms. The van der Waals surface area contributed by atoms with Crippen molar-refractivity contribution in [2.45, 2.75) is 52.2 Å². The van der Waals surface area contributed by atoms with Gasteiger partial charge in [-0.15, -0.1) is 0 Å². The maximum absolute atomic E-state index is 12.0. The van der Waals surface area contributed by atoms with E-state index in [1.54, 1.807) is 27.7 Å². The van der Waals surface area contributed by atoms with Gasteiger partial charge in [-0.2, -0.15) is 0 Å². The molecule has 102 valence electrons. The van der Waals surface area contributed by atoms with Gasteiger partial charge in [-0.05, 0) is 40.5 Å². The third-order valence-corrected chi connectivity index (χ3v) is 2.38. The lowest BCUT2D eigenvalue weighted by molar-refractivity contribution is -0.117. The van der Waals surface area contributed by atoms with Crippen LogP contribution in [0.15, 0.2) is 11.8 Å². The predicted molar refractivity (Wildman–Crippen MR) is 67.1 cm³/mol. The van der Waals surface area contributed by atoms with Crippen molar-refractivity contribution in [3.8, 4) is 0 Å². The highest BCUT2D eigenvalue weighted by Crippen LogP contribution is 2.14. The molecule has 1 aliphatic rings. The molecule has 1 heterocycles. The van der Waals surface area contributed by atoms with Gasteiger partial charge in [0.1, 0.15) is 5.60 Å². The van der Waals surface area contributed by atoms with Gasteiger partial charge in [-0.3, -0.25) is 4.79 Å². The Labute approximate surface area is 108 Å². The van der Waals surface area contributed by atoms with Gasteiger partial charge in [0.25, 0.3) is 0 Å². The Kier molecular flexibility index (Phi) is 4.76. The fourth-order valence-electron chi connectivity index (χ4n) is 1.57.